The lowest BCUT2D eigenvalue weighted by molar-refractivity contribution is 1.26. The van der Waals surface area contributed by atoms with Crippen LogP contribution in [0.5, 0.6) is 0 Å². The summed E-state index contributed by atoms with van der Waals surface area (Å²) in [4.78, 5) is 4.41. The predicted molar refractivity (Wildman–Crippen MR) is 104 cm³/mol. The van der Waals surface area contributed by atoms with E-state index in [9.17, 15) is 5.26 Å². The van der Waals surface area contributed by atoms with E-state index in [0.29, 0.717) is 31.9 Å². The van der Waals surface area contributed by atoms with Crippen molar-refractivity contribution in [3.05, 3.63) is 68.7 Å². The maximum atomic E-state index is 9.59. The molecule has 3 nitrogen and oxygen atoms in total. The fourth-order valence-corrected chi connectivity index (χ4v) is 3.46. The molecule has 0 fully saturated rings. The van der Waals surface area contributed by atoms with Gasteiger partial charge in [-0.25, -0.2) is 4.98 Å². The molecule has 0 atom stereocenters. The van der Waals surface area contributed by atoms with Crippen molar-refractivity contribution in [3.8, 4) is 28.5 Å². The maximum Gasteiger partial charge on any atom is 0.142 e. The minimum absolute atomic E-state index is 0.129. The molecule has 1 aromatic heterocycles. The molecule has 0 saturated heterocycles. The number of hydrogen-bond donors (Lipinski definition) is 1. The maximum absolute atomic E-state index is 9.59. The van der Waals surface area contributed by atoms with Crippen molar-refractivity contribution < 1.29 is 0 Å². The molecule has 0 aliphatic heterocycles. The standard InChI is InChI=1S/C19H12Cl3N3/c1-10-16(17-14(21)3-2-4-15(17)22)13(9-23)19(24)25-18(10)11-5-7-12(20)8-6-11/h2-8H,1H3,(H2,24,25). The van der Waals surface area contributed by atoms with Crippen LogP contribution in [0, 0.1) is 18.3 Å². The van der Waals surface area contributed by atoms with Crippen molar-refractivity contribution in [2.45, 2.75) is 6.92 Å². The summed E-state index contributed by atoms with van der Waals surface area (Å²) < 4.78 is 0. The van der Waals surface area contributed by atoms with Crippen molar-refractivity contribution >= 4 is 40.6 Å². The number of halogens is 3. The first-order chi connectivity index (χ1) is 11.9. The van der Waals surface area contributed by atoms with Crippen LogP contribution in [0.3, 0.4) is 0 Å². The highest BCUT2D eigenvalue weighted by atomic mass is 35.5. The molecule has 3 rings (SSSR count). The van der Waals surface area contributed by atoms with Crippen LogP contribution in [-0.4, -0.2) is 4.98 Å². The number of hydrogen-bond acceptors (Lipinski definition) is 3. The molecule has 0 bridgehead atoms. The van der Waals surface area contributed by atoms with Gasteiger partial charge < -0.3 is 5.73 Å². The third kappa shape index (κ3) is 3.17. The Morgan fingerprint density at radius 2 is 1.56 bits per heavy atom. The molecule has 0 aliphatic carbocycles. The first-order valence-corrected chi connectivity index (χ1v) is 8.48. The summed E-state index contributed by atoms with van der Waals surface area (Å²) >= 11 is 18.7. The largest absolute Gasteiger partial charge is 0.383 e. The fourth-order valence-electron chi connectivity index (χ4n) is 2.75. The van der Waals surface area contributed by atoms with Crippen LogP contribution in [-0.2, 0) is 0 Å². The van der Waals surface area contributed by atoms with E-state index in [4.69, 9.17) is 40.5 Å². The summed E-state index contributed by atoms with van der Waals surface area (Å²) in [5.74, 6) is 0.129. The molecule has 1 heterocycles. The number of anilines is 1. The third-order valence-electron chi connectivity index (χ3n) is 3.91. The van der Waals surface area contributed by atoms with Gasteiger partial charge in [-0.3, -0.25) is 0 Å². The number of rotatable bonds is 2. The van der Waals surface area contributed by atoms with Crippen LogP contribution in [0.2, 0.25) is 15.1 Å². The normalized spacial score (nSPS) is 10.5. The summed E-state index contributed by atoms with van der Waals surface area (Å²) in [7, 11) is 0. The van der Waals surface area contributed by atoms with Gasteiger partial charge in [-0.2, -0.15) is 5.26 Å². The Hall–Kier alpha value is -2.25. The van der Waals surface area contributed by atoms with Crippen molar-refractivity contribution in [1.82, 2.24) is 4.98 Å². The first kappa shape index (κ1) is 17.6. The predicted octanol–water partition coefficient (Wildman–Crippen LogP) is 6.14. The number of nitrogens with zero attached hydrogens (tertiary/aromatic N) is 2. The highest BCUT2D eigenvalue weighted by molar-refractivity contribution is 6.39. The molecule has 6 heteroatoms. The van der Waals surface area contributed by atoms with E-state index in [2.05, 4.69) is 11.1 Å². The van der Waals surface area contributed by atoms with Crippen LogP contribution < -0.4 is 5.73 Å². The highest BCUT2D eigenvalue weighted by Crippen LogP contribution is 2.42. The Balaban J connectivity index is 2.39. The Bertz CT molecular complexity index is 986. The van der Waals surface area contributed by atoms with Gasteiger partial charge in [0.05, 0.1) is 5.69 Å². The molecule has 0 spiro atoms. The van der Waals surface area contributed by atoms with Crippen LogP contribution in [0.15, 0.2) is 42.5 Å². The highest BCUT2D eigenvalue weighted by Gasteiger charge is 2.21. The van der Waals surface area contributed by atoms with Crippen LogP contribution >= 0.6 is 34.8 Å². The fraction of sp³-hybridized carbons (Fsp3) is 0.0526. The summed E-state index contributed by atoms with van der Waals surface area (Å²) in [6, 6.07) is 14.6. The zero-order valence-corrected chi connectivity index (χ0v) is 15.4. The lowest BCUT2D eigenvalue weighted by atomic mass is 9.92. The Morgan fingerprint density at radius 1 is 0.960 bits per heavy atom. The molecule has 25 heavy (non-hydrogen) atoms. The molecule has 0 radical (unpaired) electrons. The van der Waals surface area contributed by atoms with Crippen LogP contribution in [0.25, 0.3) is 22.4 Å². The summed E-state index contributed by atoms with van der Waals surface area (Å²) in [5.41, 5.74) is 9.74. The van der Waals surface area contributed by atoms with E-state index in [1.54, 1.807) is 30.3 Å². The van der Waals surface area contributed by atoms with E-state index >= 15 is 0 Å². The van der Waals surface area contributed by atoms with Gasteiger partial charge in [0.1, 0.15) is 17.5 Å². The number of benzene rings is 2. The van der Waals surface area contributed by atoms with E-state index in [1.807, 2.05) is 19.1 Å². The van der Waals surface area contributed by atoms with Gasteiger partial charge in [0.25, 0.3) is 0 Å². The number of aromatic nitrogens is 1. The Kier molecular flexibility index (Phi) is 4.87. The molecule has 124 valence electrons. The Morgan fingerprint density at radius 3 is 2.12 bits per heavy atom. The summed E-state index contributed by atoms with van der Waals surface area (Å²) in [6.45, 7) is 1.87. The molecular weight excluding hydrogens is 377 g/mol. The van der Waals surface area contributed by atoms with Gasteiger partial charge in [0.2, 0.25) is 0 Å². The molecule has 2 aromatic carbocycles. The molecule has 0 aliphatic rings. The Labute approximate surface area is 160 Å². The average Bonchev–Trinajstić information content (AvgIpc) is 2.58. The van der Waals surface area contributed by atoms with Gasteiger partial charge in [-0.1, -0.05) is 53.0 Å². The lowest BCUT2D eigenvalue weighted by Crippen LogP contribution is -2.03. The van der Waals surface area contributed by atoms with Crippen LogP contribution in [0.1, 0.15) is 11.1 Å². The second kappa shape index (κ2) is 6.93. The molecule has 0 unspecified atom stereocenters. The lowest BCUT2D eigenvalue weighted by Gasteiger charge is -2.17. The average molecular weight is 389 g/mol. The monoisotopic (exact) mass is 387 g/mol. The van der Waals surface area contributed by atoms with Gasteiger partial charge in [-0.15, -0.1) is 0 Å². The second-order valence-corrected chi connectivity index (χ2v) is 6.69. The quantitative estimate of drug-likeness (QED) is 0.573. The topological polar surface area (TPSA) is 62.7 Å². The second-order valence-electron chi connectivity index (χ2n) is 5.44. The number of nitrogen functional groups attached to an aromatic ring is 1. The number of nitrogens with two attached hydrogens (primary N) is 1. The van der Waals surface area contributed by atoms with Crippen molar-refractivity contribution in [2.24, 2.45) is 0 Å². The van der Waals surface area contributed by atoms with E-state index in [-0.39, 0.29) is 11.4 Å². The first-order valence-electron chi connectivity index (χ1n) is 7.34. The summed E-state index contributed by atoms with van der Waals surface area (Å²) in [6.07, 6.45) is 0. The SMILES string of the molecule is Cc1c(-c2ccc(Cl)cc2)nc(N)c(C#N)c1-c1c(Cl)cccc1Cl. The van der Waals surface area contributed by atoms with Crippen LogP contribution in [0.4, 0.5) is 5.82 Å². The minimum Gasteiger partial charge on any atom is -0.383 e. The van der Waals surface area contributed by atoms with Crippen molar-refractivity contribution in [1.29, 1.82) is 5.26 Å². The van der Waals surface area contributed by atoms with E-state index in [1.165, 1.54) is 0 Å². The molecule has 0 amide bonds. The van der Waals surface area contributed by atoms with Gasteiger partial charge in [0.15, 0.2) is 0 Å². The molecular formula is C19H12Cl3N3. The van der Waals surface area contributed by atoms with Gasteiger partial charge >= 0.3 is 0 Å². The van der Waals surface area contributed by atoms with Gasteiger partial charge in [-0.05, 0) is 36.8 Å². The minimum atomic E-state index is 0.129. The van der Waals surface area contributed by atoms with E-state index in [0.717, 1.165) is 11.1 Å². The van der Waals surface area contributed by atoms with Gasteiger partial charge in [0, 0.05) is 31.8 Å². The third-order valence-corrected chi connectivity index (χ3v) is 4.79. The zero-order valence-electron chi connectivity index (χ0n) is 13.1. The zero-order chi connectivity index (χ0) is 18.1. The number of nitriles is 1. The van der Waals surface area contributed by atoms with Crippen molar-refractivity contribution in [3.63, 3.8) is 0 Å². The molecule has 2 N–H and O–H groups in total. The molecule has 3 aromatic rings. The smallest absolute Gasteiger partial charge is 0.142 e. The summed E-state index contributed by atoms with van der Waals surface area (Å²) in [5, 5.41) is 11.1. The van der Waals surface area contributed by atoms with E-state index < -0.39 is 0 Å². The molecule has 0 saturated carbocycles. The van der Waals surface area contributed by atoms with Crippen molar-refractivity contribution in [2.75, 3.05) is 5.73 Å². The number of pyridine rings is 1.